The van der Waals surface area contributed by atoms with Gasteiger partial charge in [-0.1, -0.05) is 25.8 Å². The van der Waals surface area contributed by atoms with Gasteiger partial charge in [0.2, 0.25) is 6.10 Å². The fourth-order valence-corrected chi connectivity index (χ4v) is 2.97. The van der Waals surface area contributed by atoms with Gasteiger partial charge in [-0.05, 0) is 46.1 Å². The number of carboxylic acids is 1. The number of carbonyl (C=O) groups is 3. The average Bonchev–Trinajstić information content (AvgIpc) is 3.03. The van der Waals surface area contributed by atoms with E-state index in [4.69, 9.17) is 23.5 Å². The second kappa shape index (κ2) is 11.0. The third kappa shape index (κ3) is 6.62. The zero-order valence-corrected chi connectivity index (χ0v) is 18.5. The molecule has 9 nitrogen and oxygen atoms in total. The van der Waals surface area contributed by atoms with E-state index < -0.39 is 37.2 Å². The first-order valence-electron chi connectivity index (χ1n) is 10.4. The molecule has 0 bridgehead atoms. The van der Waals surface area contributed by atoms with Crippen molar-refractivity contribution in [2.75, 3.05) is 0 Å². The molecular formula is C21H29BO9. The average molecular weight is 436 g/mol. The number of ether oxygens (including phenoxy) is 3. The van der Waals surface area contributed by atoms with E-state index in [-0.39, 0.29) is 29.3 Å². The van der Waals surface area contributed by atoms with Crippen LogP contribution in [0.15, 0.2) is 18.2 Å². The third-order valence-corrected chi connectivity index (χ3v) is 4.24. The van der Waals surface area contributed by atoms with E-state index in [1.165, 1.54) is 0 Å². The van der Waals surface area contributed by atoms with Crippen LogP contribution in [0.25, 0.3) is 0 Å². The fraction of sp³-hybridized carbons (Fsp3) is 0.571. The van der Waals surface area contributed by atoms with Crippen LogP contribution >= 0.6 is 0 Å². The number of rotatable bonds is 11. The molecule has 2 rings (SSSR count). The number of aliphatic carboxylic acids is 1. The standard InChI is InChI=1S/C21H29BO9/c1-6-7-11-22-30-18(21(26)31-22)17(19(23)24)29-20(25)16-14(27-12(2)3)9-8-10-15(16)28-13(4)5/h8-10,12-13,17-18H,6-7,11H2,1-5H3,(H,23,24)/t17-,18-/m1/s1. The summed E-state index contributed by atoms with van der Waals surface area (Å²) in [4.78, 5) is 37.0. The number of hydrogen-bond donors (Lipinski definition) is 1. The molecule has 1 aliphatic rings. The molecular weight excluding hydrogens is 407 g/mol. The van der Waals surface area contributed by atoms with Crippen molar-refractivity contribution in [3.63, 3.8) is 0 Å². The Hall–Kier alpha value is -2.75. The Bertz CT molecular complexity index is 765. The highest BCUT2D eigenvalue weighted by molar-refractivity contribution is 6.49. The fourth-order valence-electron chi connectivity index (χ4n) is 2.97. The van der Waals surface area contributed by atoms with Crippen molar-refractivity contribution in [3.8, 4) is 11.5 Å². The lowest BCUT2D eigenvalue weighted by molar-refractivity contribution is -0.158. The lowest BCUT2D eigenvalue weighted by Gasteiger charge is -2.21. The van der Waals surface area contributed by atoms with Crippen molar-refractivity contribution in [2.24, 2.45) is 0 Å². The molecule has 0 amide bonds. The topological polar surface area (TPSA) is 118 Å². The molecule has 1 aromatic carbocycles. The van der Waals surface area contributed by atoms with Crippen molar-refractivity contribution < 1.29 is 43.0 Å². The first-order chi connectivity index (χ1) is 14.6. The molecule has 0 aromatic heterocycles. The van der Waals surface area contributed by atoms with Gasteiger partial charge in [-0.25, -0.2) is 9.59 Å². The highest BCUT2D eigenvalue weighted by Crippen LogP contribution is 2.32. The minimum absolute atomic E-state index is 0.0648. The van der Waals surface area contributed by atoms with E-state index in [0.717, 1.165) is 12.8 Å². The number of esters is 1. The highest BCUT2D eigenvalue weighted by Gasteiger charge is 2.48. The van der Waals surface area contributed by atoms with Crippen molar-refractivity contribution >= 4 is 25.0 Å². The summed E-state index contributed by atoms with van der Waals surface area (Å²) in [5.41, 5.74) is -0.0648. The van der Waals surface area contributed by atoms with Crippen LogP contribution in [-0.4, -0.2) is 54.5 Å². The molecule has 170 valence electrons. The van der Waals surface area contributed by atoms with Crippen molar-refractivity contribution in [1.29, 1.82) is 0 Å². The van der Waals surface area contributed by atoms with Crippen LogP contribution in [0.2, 0.25) is 6.32 Å². The summed E-state index contributed by atoms with van der Waals surface area (Å²) in [5, 5.41) is 9.61. The van der Waals surface area contributed by atoms with Crippen LogP contribution in [0.4, 0.5) is 0 Å². The molecule has 1 heterocycles. The summed E-state index contributed by atoms with van der Waals surface area (Å²) in [7, 11) is -0.866. The van der Waals surface area contributed by atoms with E-state index in [1.54, 1.807) is 45.9 Å². The summed E-state index contributed by atoms with van der Waals surface area (Å²) >= 11 is 0. The van der Waals surface area contributed by atoms with Gasteiger partial charge >= 0.3 is 25.0 Å². The number of benzene rings is 1. The maximum absolute atomic E-state index is 13.0. The lowest BCUT2D eigenvalue weighted by Crippen LogP contribution is -2.42. The van der Waals surface area contributed by atoms with E-state index in [1.807, 2.05) is 6.92 Å². The number of unbranched alkanes of at least 4 members (excludes halogenated alkanes) is 1. The van der Waals surface area contributed by atoms with Gasteiger partial charge < -0.3 is 28.6 Å². The van der Waals surface area contributed by atoms with Crippen LogP contribution in [0, 0.1) is 0 Å². The molecule has 0 radical (unpaired) electrons. The predicted molar refractivity (Wildman–Crippen MR) is 111 cm³/mol. The number of hydrogen-bond acceptors (Lipinski definition) is 8. The molecule has 10 heteroatoms. The predicted octanol–water partition coefficient (Wildman–Crippen LogP) is 3.10. The molecule has 0 spiro atoms. The summed E-state index contributed by atoms with van der Waals surface area (Å²) in [5.74, 6) is -3.06. The SMILES string of the molecule is CCCCB1OC(=O)[C@@H]([C@@H](OC(=O)c2c(OC(C)C)cccc2OC(C)C)C(=O)O)O1. The summed E-state index contributed by atoms with van der Waals surface area (Å²) in [6.45, 7) is 9.09. The van der Waals surface area contributed by atoms with E-state index >= 15 is 0 Å². The summed E-state index contributed by atoms with van der Waals surface area (Å²) in [6, 6.07) is 4.76. The Morgan fingerprint density at radius 1 is 1.13 bits per heavy atom. The summed E-state index contributed by atoms with van der Waals surface area (Å²) in [6.07, 6.45) is -1.95. The summed E-state index contributed by atoms with van der Waals surface area (Å²) < 4.78 is 27.1. The van der Waals surface area contributed by atoms with Gasteiger partial charge in [-0.2, -0.15) is 0 Å². The Balaban J connectivity index is 2.30. The molecule has 2 atom stereocenters. The first-order valence-corrected chi connectivity index (χ1v) is 10.4. The molecule has 1 fully saturated rings. The second-order valence-electron chi connectivity index (χ2n) is 7.69. The van der Waals surface area contributed by atoms with Crippen molar-refractivity contribution in [3.05, 3.63) is 23.8 Å². The van der Waals surface area contributed by atoms with E-state index in [2.05, 4.69) is 0 Å². The Morgan fingerprint density at radius 3 is 2.19 bits per heavy atom. The van der Waals surface area contributed by atoms with Gasteiger partial charge in [0.15, 0.2) is 6.10 Å². The van der Waals surface area contributed by atoms with Gasteiger partial charge in [-0.15, -0.1) is 0 Å². The maximum atomic E-state index is 13.0. The number of carboxylic acid groups (broad SMARTS) is 1. The Kier molecular flexibility index (Phi) is 8.73. The van der Waals surface area contributed by atoms with Crippen LogP contribution in [0.5, 0.6) is 11.5 Å². The Labute approximate surface area is 182 Å². The molecule has 0 unspecified atom stereocenters. The lowest BCUT2D eigenvalue weighted by atomic mass is 9.83. The third-order valence-electron chi connectivity index (χ3n) is 4.24. The van der Waals surface area contributed by atoms with Gasteiger partial charge in [0.25, 0.3) is 0 Å². The molecule has 1 aliphatic heterocycles. The largest absolute Gasteiger partial charge is 0.528 e. The Morgan fingerprint density at radius 2 is 1.71 bits per heavy atom. The monoisotopic (exact) mass is 436 g/mol. The van der Waals surface area contributed by atoms with Gasteiger partial charge in [0.1, 0.15) is 17.1 Å². The highest BCUT2D eigenvalue weighted by atomic mass is 16.7. The molecule has 0 aliphatic carbocycles. The quantitative estimate of drug-likeness (QED) is 0.412. The van der Waals surface area contributed by atoms with Gasteiger partial charge in [-0.3, -0.25) is 4.79 Å². The van der Waals surface area contributed by atoms with Gasteiger partial charge in [0.05, 0.1) is 12.2 Å². The molecule has 0 saturated carbocycles. The smallest absolute Gasteiger partial charge is 0.507 e. The second-order valence-corrected chi connectivity index (χ2v) is 7.69. The van der Waals surface area contributed by atoms with Gasteiger partial charge in [0, 0.05) is 0 Å². The van der Waals surface area contributed by atoms with Crippen LogP contribution in [0.3, 0.4) is 0 Å². The van der Waals surface area contributed by atoms with Crippen LogP contribution in [-0.2, 0) is 23.6 Å². The molecule has 31 heavy (non-hydrogen) atoms. The normalized spacial score (nSPS) is 16.9. The van der Waals surface area contributed by atoms with Crippen LogP contribution in [0.1, 0.15) is 57.8 Å². The van der Waals surface area contributed by atoms with E-state index in [0.29, 0.717) is 6.32 Å². The zero-order valence-electron chi connectivity index (χ0n) is 18.5. The van der Waals surface area contributed by atoms with E-state index in [9.17, 15) is 19.5 Å². The van der Waals surface area contributed by atoms with Crippen molar-refractivity contribution in [2.45, 2.75) is 78.2 Å². The number of carbonyl (C=O) groups excluding carboxylic acids is 2. The first kappa shape index (κ1) is 24.5. The van der Waals surface area contributed by atoms with Crippen LogP contribution < -0.4 is 9.47 Å². The minimum Gasteiger partial charge on any atom is -0.507 e. The molecule has 1 N–H and O–H groups in total. The van der Waals surface area contributed by atoms with Crippen molar-refractivity contribution in [1.82, 2.24) is 0 Å². The minimum atomic E-state index is -1.88. The molecule has 1 aromatic rings. The molecule has 1 saturated heterocycles. The maximum Gasteiger partial charge on any atom is 0.528 e. The zero-order chi connectivity index (χ0) is 23.1.